The van der Waals surface area contributed by atoms with Crippen molar-refractivity contribution in [2.24, 2.45) is 0 Å². The van der Waals surface area contributed by atoms with Gasteiger partial charge in [0, 0.05) is 32.4 Å². The number of hydrogen-bond acceptors (Lipinski definition) is 3. The maximum absolute atomic E-state index is 13.2. The molecule has 1 aromatic carbocycles. The Morgan fingerprint density at radius 2 is 1.89 bits per heavy atom. The monoisotopic (exact) mass is 263 g/mol. The molecule has 0 amide bonds. The van der Waals surface area contributed by atoms with E-state index in [2.05, 4.69) is 5.32 Å². The summed E-state index contributed by atoms with van der Waals surface area (Å²) in [4.78, 5) is 0. The summed E-state index contributed by atoms with van der Waals surface area (Å²) >= 11 is 0. The molecule has 0 aliphatic carbocycles. The molecular formula is C12H16F3NO2. The van der Waals surface area contributed by atoms with Crippen molar-refractivity contribution in [1.82, 2.24) is 0 Å². The van der Waals surface area contributed by atoms with Gasteiger partial charge in [-0.05, 0) is 6.42 Å². The number of halogens is 3. The lowest BCUT2D eigenvalue weighted by Gasteiger charge is -2.08. The van der Waals surface area contributed by atoms with Crippen LogP contribution in [0.4, 0.5) is 18.9 Å². The minimum Gasteiger partial charge on any atom is -0.382 e. The lowest BCUT2D eigenvalue weighted by Crippen LogP contribution is -2.09. The summed E-state index contributed by atoms with van der Waals surface area (Å²) in [6, 6.07) is 1.43. The minimum atomic E-state index is -1.20. The van der Waals surface area contributed by atoms with Crippen LogP contribution in [0.3, 0.4) is 0 Å². The zero-order valence-electron chi connectivity index (χ0n) is 10.1. The lowest BCUT2D eigenvalue weighted by molar-refractivity contribution is 0.0705. The highest BCUT2D eigenvalue weighted by Crippen LogP contribution is 2.18. The predicted octanol–water partition coefficient (Wildman–Crippen LogP) is 2.57. The highest BCUT2D eigenvalue weighted by atomic mass is 19.2. The third-order valence-corrected chi connectivity index (χ3v) is 2.21. The van der Waals surface area contributed by atoms with Crippen LogP contribution in [-0.4, -0.2) is 33.5 Å². The zero-order valence-corrected chi connectivity index (χ0v) is 10.1. The minimum absolute atomic E-state index is 0.176. The van der Waals surface area contributed by atoms with Gasteiger partial charge in [-0.15, -0.1) is 0 Å². The van der Waals surface area contributed by atoms with Gasteiger partial charge in [-0.1, -0.05) is 0 Å². The van der Waals surface area contributed by atoms with Crippen molar-refractivity contribution in [3.63, 3.8) is 0 Å². The molecule has 0 aliphatic heterocycles. The van der Waals surface area contributed by atoms with Crippen molar-refractivity contribution in [3.8, 4) is 0 Å². The Hall–Kier alpha value is -1.27. The first-order valence-corrected chi connectivity index (χ1v) is 5.60. The van der Waals surface area contributed by atoms with E-state index in [9.17, 15) is 13.2 Å². The van der Waals surface area contributed by atoms with E-state index in [1.54, 1.807) is 7.11 Å². The van der Waals surface area contributed by atoms with Gasteiger partial charge >= 0.3 is 0 Å². The molecule has 0 bridgehead atoms. The fraction of sp³-hybridized carbons (Fsp3) is 0.500. The fourth-order valence-corrected chi connectivity index (χ4v) is 1.33. The fourth-order valence-electron chi connectivity index (χ4n) is 1.33. The number of methoxy groups -OCH3 is 1. The number of anilines is 1. The van der Waals surface area contributed by atoms with Crippen LogP contribution in [0, 0.1) is 17.5 Å². The van der Waals surface area contributed by atoms with Gasteiger partial charge < -0.3 is 14.8 Å². The molecule has 0 spiro atoms. The van der Waals surface area contributed by atoms with Crippen molar-refractivity contribution in [2.45, 2.75) is 6.42 Å². The van der Waals surface area contributed by atoms with E-state index in [1.807, 2.05) is 0 Å². The van der Waals surface area contributed by atoms with Crippen LogP contribution in [-0.2, 0) is 9.47 Å². The van der Waals surface area contributed by atoms with E-state index in [0.29, 0.717) is 38.9 Å². The van der Waals surface area contributed by atoms with Gasteiger partial charge in [0.25, 0.3) is 0 Å². The molecule has 1 N–H and O–H groups in total. The molecule has 0 radical (unpaired) electrons. The van der Waals surface area contributed by atoms with Crippen molar-refractivity contribution in [3.05, 3.63) is 29.6 Å². The van der Waals surface area contributed by atoms with Gasteiger partial charge in [0.2, 0.25) is 0 Å². The van der Waals surface area contributed by atoms with Gasteiger partial charge in [-0.25, -0.2) is 13.2 Å². The number of ether oxygens (including phenoxy) is 2. The molecule has 102 valence electrons. The third-order valence-electron chi connectivity index (χ3n) is 2.21. The topological polar surface area (TPSA) is 30.5 Å². The molecule has 0 saturated carbocycles. The molecule has 0 unspecified atom stereocenters. The van der Waals surface area contributed by atoms with E-state index in [-0.39, 0.29) is 5.69 Å². The van der Waals surface area contributed by atoms with Crippen LogP contribution >= 0.6 is 0 Å². The van der Waals surface area contributed by atoms with Gasteiger partial charge in [0.05, 0.1) is 18.9 Å². The number of benzene rings is 1. The second-order valence-corrected chi connectivity index (χ2v) is 3.63. The van der Waals surface area contributed by atoms with E-state index >= 15 is 0 Å². The summed E-state index contributed by atoms with van der Waals surface area (Å²) < 4.78 is 48.9. The van der Waals surface area contributed by atoms with E-state index in [1.165, 1.54) is 0 Å². The molecule has 0 aliphatic rings. The Kier molecular flexibility index (Phi) is 6.53. The summed E-state index contributed by atoms with van der Waals surface area (Å²) in [5.74, 6) is -3.08. The normalized spacial score (nSPS) is 10.7. The standard InChI is InChI=1S/C12H16F3NO2/c1-17-5-6-18-4-2-3-16-11-8-9(13)7-10(14)12(11)15/h7-8,16H,2-6H2,1H3. The van der Waals surface area contributed by atoms with E-state index in [0.717, 1.165) is 6.07 Å². The SMILES string of the molecule is COCCOCCCNc1cc(F)cc(F)c1F. The molecule has 0 saturated heterocycles. The smallest absolute Gasteiger partial charge is 0.182 e. The average Bonchev–Trinajstić information content (AvgIpc) is 2.33. The van der Waals surface area contributed by atoms with Crippen molar-refractivity contribution >= 4 is 5.69 Å². The number of rotatable bonds is 8. The third kappa shape index (κ3) is 4.93. The highest BCUT2D eigenvalue weighted by molar-refractivity contribution is 5.45. The predicted molar refractivity (Wildman–Crippen MR) is 62.1 cm³/mol. The van der Waals surface area contributed by atoms with E-state index in [4.69, 9.17) is 9.47 Å². The quantitative estimate of drug-likeness (QED) is 0.577. The van der Waals surface area contributed by atoms with Crippen molar-refractivity contribution in [1.29, 1.82) is 0 Å². The summed E-state index contributed by atoms with van der Waals surface area (Å²) in [6.07, 6.45) is 0.598. The molecule has 0 atom stereocenters. The highest BCUT2D eigenvalue weighted by Gasteiger charge is 2.10. The molecule has 1 rings (SSSR count). The van der Waals surface area contributed by atoms with Gasteiger partial charge in [-0.2, -0.15) is 0 Å². The Balaban J connectivity index is 2.27. The van der Waals surface area contributed by atoms with E-state index < -0.39 is 17.5 Å². The van der Waals surface area contributed by atoms with Crippen LogP contribution in [0.15, 0.2) is 12.1 Å². The summed E-state index contributed by atoms with van der Waals surface area (Å²) in [7, 11) is 1.58. The maximum atomic E-state index is 13.2. The zero-order chi connectivity index (χ0) is 13.4. The number of hydrogen-bond donors (Lipinski definition) is 1. The number of nitrogens with one attached hydrogen (secondary N) is 1. The molecule has 0 heterocycles. The first kappa shape index (κ1) is 14.8. The summed E-state index contributed by atoms with van der Waals surface area (Å²) in [5, 5.41) is 2.62. The van der Waals surface area contributed by atoms with Gasteiger partial charge in [0.1, 0.15) is 5.82 Å². The molecule has 0 fully saturated rings. The van der Waals surface area contributed by atoms with Crippen LogP contribution in [0.25, 0.3) is 0 Å². The molecule has 0 aromatic heterocycles. The first-order valence-electron chi connectivity index (χ1n) is 5.60. The Morgan fingerprint density at radius 1 is 1.11 bits per heavy atom. The lowest BCUT2D eigenvalue weighted by atomic mass is 10.2. The van der Waals surface area contributed by atoms with Crippen molar-refractivity contribution in [2.75, 3.05) is 38.8 Å². The molecular weight excluding hydrogens is 247 g/mol. The second-order valence-electron chi connectivity index (χ2n) is 3.63. The van der Waals surface area contributed by atoms with Gasteiger partial charge in [-0.3, -0.25) is 0 Å². The Labute approximate surface area is 104 Å². The molecule has 3 nitrogen and oxygen atoms in total. The van der Waals surface area contributed by atoms with Crippen LogP contribution in [0.5, 0.6) is 0 Å². The Morgan fingerprint density at radius 3 is 2.61 bits per heavy atom. The first-order chi connectivity index (χ1) is 8.65. The molecule has 18 heavy (non-hydrogen) atoms. The second kappa shape index (κ2) is 7.94. The average molecular weight is 263 g/mol. The molecule has 1 aromatic rings. The Bertz CT molecular complexity index is 375. The van der Waals surface area contributed by atoms with Crippen LogP contribution in [0.2, 0.25) is 0 Å². The maximum Gasteiger partial charge on any atom is 0.182 e. The van der Waals surface area contributed by atoms with Crippen LogP contribution < -0.4 is 5.32 Å². The van der Waals surface area contributed by atoms with Crippen molar-refractivity contribution < 1.29 is 22.6 Å². The van der Waals surface area contributed by atoms with Gasteiger partial charge in [0.15, 0.2) is 11.6 Å². The largest absolute Gasteiger partial charge is 0.382 e. The van der Waals surface area contributed by atoms with Crippen LogP contribution in [0.1, 0.15) is 6.42 Å². The summed E-state index contributed by atoms with van der Waals surface area (Å²) in [6.45, 7) is 1.83. The molecule has 6 heteroatoms. The summed E-state index contributed by atoms with van der Waals surface area (Å²) in [5.41, 5.74) is -0.176.